The van der Waals surface area contributed by atoms with E-state index in [4.69, 9.17) is 5.11 Å². The van der Waals surface area contributed by atoms with E-state index in [0.717, 1.165) is 17.1 Å². The van der Waals surface area contributed by atoms with Gasteiger partial charge in [-0.2, -0.15) is 5.10 Å². The molecule has 1 amide bonds. The molecule has 0 atom stereocenters. The molecular formula is C14H18N6O2. The largest absolute Gasteiger partial charge is 0.465 e. The lowest BCUT2D eigenvalue weighted by atomic mass is 10.1. The summed E-state index contributed by atoms with van der Waals surface area (Å²) in [4.78, 5) is 21.2. The lowest BCUT2D eigenvalue weighted by molar-refractivity contribution is 0.139. The van der Waals surface area contributed by atoms with E-state index in [2.05, 4.69) is 20.4 Å². The molecule has 3 heterocycles. The highest BCUT2D eigenvalue weighted by Gasteiger charge is 2.22. The lowest BCUT2D eigenvalue weighted by Crippen LogP contribution is -2.35. The van der Waals surface area contributed by atoms with Crippen LogP contribution in [0.1, 0.15) is 31.1 Å². The Hall–Kier alpha value is -2.64. The van der Waals surface area contributed by atoms with Gasteiger partial charge in [-0.15, -0.1) is 0 Å². The number of hydrogen-bond donors (Lipinski definition) is 2. The summed E-state index contributed by atoms with van der Waals surface area (Å²) in [6.45, 7) is 4.86. The van der Waals surface area contributed by atoms with Crippen LogP contribution in [0.25, 0.3) is 0 Å². The fourth-order valence-corrected chi connectivity index (χ4v) is 2.47. The summed E-state index contributed by atoms with van der Waals surface area (Å²) >= 11 is 0. The molecular weight excluding hydrogens is 284 g/mol. The standard InChI is InChI=1S/C14H18N6O2/c1-9(2)20-12(3-5-16-20)18-13-15-7-10-4-6-19(14(21)22)8-11(10)17-13/h3,5,7,9H,4,6,8H2,1-2H3,(H,21,22)(H,15,17,18). The van der Waals surface area contributed by atoms with Crippen LogP contribution in [0.4, 0.5) is 16.6 Å². The van der Waals surface area contributed by atoms with E-state index in [0.29, 0.717) is 25.5 Å². The fourth-order valence-electron chi connectivity index (χ4n) is 2.47. The zero-order chi connectivity index (χ0) is 15.7. The molecule has 0 unspecified atom stereocenters. The highest BCUT2D eigenvalue weighted by molar-refractivity contribution is 5.65. The SMILES string of the molecule is CC(C)n1nccc1Nc1ncc2c(n1)CN(C(=O)O)CC2. The van der Waals surface area contributed by atoms with Gasteiger partial charge in [0.15, 0.2) is 0 Å². The van der Waals surface area contributed by atoms with E-state index in [-0.39, 0.29) is 6.04 Å². The second-order valence-electron chi connectivity index (χ2n) is 5.50. The van der Waals surface area contributed by atoms with Gasteiger partial charge in [-0.1, -0.05) is 0 Å². The fraction of sp³-hybridized carbons (Fsp3) is 0.429. The molecule has 0 spiro atoms. The van der Waals surface area contributed by atoms with Gasteiger partial charge in [0.2, 0.25) is 5.95 Å². The Labute approximate surface area is 127 Å². The summed E-state index contributed by atoms with van der Waals surface area (Å²) in [6, 6.07) is 2.07. The van der Waals surface area contributed by atoms with E-state index < -0.39 is 6.09 Å². The predicted molar refractivity (Wildman–Crippen MR) is 80.1 cm³/mol. The summed E-state index contributed by atoms with van der Waals surface area (Å²) in [5, 5.41) is 16.5. The molecule has 0 radical (unpaired) electrons. The molecule has 2 N–H and O–H groups in total. The molecule has 0 saturated heterocycles. The van der Waals surface area contributed by atoms with Crippen LogP contribution < -0.4 is 5.32 Å². The molecule has 2 aromatic rings. The van der Waals surface area contributed by atoms with Crippen LogP contribution in [-0.2, 0) is 13.0 Å². The number of rotatable bonds is 3. The van der Waals surface area contributed by atoms with Crippen molar-refractivity contribution in [3.05, 3.63) is 29.7 Å². The molecule has 3 rings (SSSR count). The number of carboxylic acid groups (broad SMARTS) is 1. The van der Waals surface area contributed by atoms with Crippen molar-refractivity contribution in [2.45, 2.75) is 32.9 Å². The number of hydrogen-bond acceptors (Lipinski definition) is 5. The zero-order valence-electron chi connectivity index (χ0n) is 12.5. The quantitative estimate of drug-likeness (QED) is 0.900. The molecule has 116 valence electrons. The van der Waals surface area contributed by atoms with Gasteiger partial charge in [0.05, 0.1) is 18.4 Å². The molecule has 22 heavy (non-hydrogen) atoms. The van der Waals surface area contributed by atoms with E-state index in [1.165, 1.54) is 4.90 Å². The minimum Gasteiger partial charge on any atom is -0.465 e. The number of amides is 1. The van der Waals surface area contributed by atoms with Gasteiger partial charge in [-0.3, -0.25) is 0 Å². The van der Waals surface area contributed by atoms with Crippen LogP contribution in [0.15, 0.2) is 18.5 Å². The van der Waals surface area contributed by atoms with Gasteiger partial charge in [-0.05, 0) is 25.8 Å². The van der Waals surface area contributed by atoms with Gasteiger partial charge >= 0.3 is 6.09 Å². The van der Waals surface area contributed by atoms with Crippen LogP contribution in [0, 0.1) is 0 Å². The van der Waals surface area contributed by atoms with Gasteiger partial charge in [0, 0.05) is 24.8 Å². The molecule has 2 aromatic heterocycles. The highest BCUT2D eigenvalue weighted by Crippen LogP contribution is 2.20. The molecule has 8 nitrogen and oxygen atoms in total. The molecule has 0 saturated carbocycles. The van der Waals surface area contributed by atoms with Crippen molar-refractivity contribution < 1.29 is 9.90 Å². The van der Waals surface area contributed by atoms with Gasteiger partial charge in [0.1, 0.15) is 5.82 Å². The first-order valence-electron chi connectivity index (χ1n) is 7.18. The third-order valence-electron chi connectivity index (χ3n) is 3.62. The van der Waals surface area contributed by atoms with Crippen molar-refractivity contribution in [3.63, 3.8) is 0 Å². The normalized spacial score (nSPS) is 14.0. The Bertz CT molecular complexity index is 696. The van der Waals surface area contributed by atoms with E-state index >= 15 is 0 Å². The smallest absolute Gasteiger partial charge is 0.407 e. The van der Waals surface area contributed by atoms with Crippen LogP contribution in [-0.4, -0.2) is 42.4 Å². The average Bonchev–Trinajstić information content (AvgIpc) is 2.94. The van der Waals surface area contributed by atoms with Crippen LogP contribution in [0.5, 0.6) is 0 Å². The van der Waals surface area contributed by atoms with Crippen molar-refractivity contribution in [2.24, 2.45) is 0 Å². The Balaban J connectivity index is 1.83. The summed E-state index contributed by atoms with van der Waals surface area (Å²) in [5.74, 6) is 1.26. The minimum absolute atomic E-state index is 0.220. The maximum absolute atomic E-state index is 11.1. The van der Waals surface area contributed by atoms with Crippen molar-refractivity contribution in [2.75, 3.05) is 11.9 Å². The third kappa shape index (κ3) is 2.72. The maximum atomic E-state index is 11.1. The van der Waals surface area contributed by atoms with E-state index in [1.807, 2.05) is 24.6 Å². The minimum atomic E-state index is -0.920. The maximum Gasteiger partial charge on any atom is 0.407 e. The van der Waals surface area contributed by atoms with Crippen molar-refractivity contribution >= 4 is 17.9 Å². The van der Waals surface area contributed by atoms with E-state index in [9.17, 15) is 4.79 Å². The monoisotopic (exact) mass is 302 g/mol. The number of fused-ring (bicyclic) bond motifs is 1. The zero-order valence-corrected chi connectivity index (χ0v) is 12.5. The molecule has 0 aliphatic carbocycles. The first-order valence-corrected chi connectivity index (χ1v) is 7.18. The lowest BCUT2D eigenvalue weighted by Gasteiger charge is -2.25. The first-order chi connectivity index (χ1) is 10.5. The summed E-state index contributed by atoms with van der Waals surface area (Å²) in [6.07, 6.45) is 3.20. The molecule has 8 heteroatoms. The van der Waals surface area contributed by atoms with E-state index in [1.54, 1.807) is 12.4 Å². The molecule has 1 aliphatic rings. The molecule has 0 fully saturated rings. The summed E-state index contributed by atoms with van der Waals surface area (Å²) < 4.78 is 1.84. The number of aromatic nitrogens is 4. The number of carbonyl (C=O) groups is 1. The second kappa shape index (κ2) is 5.63. The van der Waals surface area contributed by atoms with Crippen LogP contribution >= 0.6 is 0 Å². The Morgan fingerprint density at radius 1 is 1.45 bits per heavy atom. The predicted octanol–water partition coefficient (Wildman–Crippen LogP) is 2.03. The van der Waals surface area contributed by atoms with Crippen LogP contribution in [0.3, 0.4) is 0 Å². The van der Waals surface area contributed by atoms with Gasteiger partial charge in [-0.25, -0.2) is 19.4 Å². The molecule has 0 aromatic carbocycles. The Morgan fingerprint density at radius 3 is 3.00 bits per heavy atom. The summed E-state index contributed by atoms with van der Waals surface area (Å²) in [5.41, 5.74) is 1.75. The third-order valence-corrected chi connectivity index (χ3v) is 3.62. The van der Waals surface area contributed by atoms with Gasteiger partial charge < -0.3 is 15.3 Å². The van der Waals surface area contributed by atoms with Gasteiger partial charge in [0.25, 0.3) is 0 Å². The Morgan fingerprint density at radius 2 is 2.27 bits per heavy atom. The second-order valence-corrected chi connectivity index (χ2v) is 5.50. The summed E-state index contributed by atoms with van der Waals surface area (Å²) in [7, 11) is 0. The number of nitrogens with one attached hydrogen (secondary N) is 1. The van der Waals surface area contributed by atoms with Crippen LogP contribution in [0.2, 0.25) is 0 Å². The Kier molecular flexibility index (Phi) is 3.66. The number of anilines is 2. The molecule has 1 aliphatic heterocycles. The van der Waals surface area contributed by atoms with Crippen molar-refractivity contribution in [1.82, 2.24) is 24.6 Å². The average molecular weight is 302 g/mol. The first kappa shape index (κ1) is 14.3. The van der Waals surface area contributed by atoms with Crippen molar-refractivity contribution in [3.8, 4) is 0 Å². The van der Waals surface area contributed by atoms with Crippen molar-refractivity contribution in [1.29, 1.82) is 0 Å². The molecule has 0 bridgehead atoms. The topological polar surface area (TPSA) is 96.2 Å². The highest BCUT2D eigenvalue weighted by atomic mass is 16.4. The number of nitrogens with zero attached hydrogens (tertiary/aromatic N) is 5.